The monoisotopic (exact) mass is 506 g/mol. The quantitative estimate of drug-likeness (QED) is 0.226. The largest absolute Gasteiger partial charge is 0.490 e. The highest BCUT2D eigenvalue weighted by molar-refractivity contribution is 9.10. The second-order valence-corrected chi connectivity index (χ2v) is 8.24. The Kier molecular flexibility index (Phi) is 7.10. The maximum atomic E-state index is 12.4. The van der Waals surface area contributed by atoms with Crippen molar-refractivity contribution < 1.29 is 18.7 Å². The van der Waals surface area contributed by atoms with Gasteiger partial charge in [-0.25, -0.2) is 5.43 Å². The molecule has 3 aromatic carbocycles. The average Bonchev–Trinajstić information content (AvgIpc) is 3.23. The Labute approximate surface area is 200 Å². The zero-order chi connectivity index (χ0) is 23.2. The maximum absolute atomic E-state index is 12.4. The Morgan fingerprint density at radius 3 is 2.73 bits per heavy atom. The van der Waals surface area contributed by atoms with Crippen LogP contribution in [0.2, 0.25) is 0 Å². The number of carbonyl (C=O) groups excluding carboxylic acids is 1. The van der Waals surface area contributed by atoms with Crippen molar-refractivity contribution in [3.63, 3.8) is 0 Å². The molecule has 33 heavy (non-hydrogen) atoms. The Hall–Kier alpha value is -3.58. The van der Waals surface area contributed by atoms with Crippen molar-refractivity contribution in [2.75, 3.05) is 6.61 Å². The predicted octanol–water partition coefficient (Wildman–Crippen LogP) is 6.25. The summed E-state index contributed by atoms with van der Waals surface area (Å²) in [6.45, 7) is 4.86. The maximum Gasteiger partial charge on any atom is 0.307 e. The number of para-hydroxylation sites is 1. The van der Waals surface area contributed by atoms with Gasteiger partial charge in [0.25, 0.3) is 0 Å². The number of hydrogen-bond acceptors (Lipinski definition) is 5. The Bertz CT molecular complexity index is 1280. The van der Waals surface area contributed by atoms with Gasteiger partial charge in [0.15, 0.2) is 17.3 Å². The number of nitrogens with zero attached hydrogens (tertiary/aromatic N) is 1. The van der Waals surface area contributed by atoms with E-state index in [0.29, 0.717) is 30.3 Å². The van der Waals surface area contributed by atoms with Crippen molar-refractivity contribution in [1.82, 2.24) is 5.43 Å². The summed E-state index contributed by atoms with van der Waals surface area (Å²) in [7, 11) is 0. The first-order valence-corrected chi connectivity index (χ1v) is 11.3. The first-order valence-electron chi connectivity index (χ1n) is 10.5. The van der Waals surface area contributed by atoms with Gasteiger partial charge in [-0.1, -0.05) is 48.0 Å². The molecule has 168 valence electrons. The fourth-order valence-electron chi connectivity index (χ4n) is 3.34. The van der Waals surface area contributed by atoms with Crippen molar-refractivity contribution in [3.8, 4) is 11.5 Å². The van der Waals surface area contributed by atoms with E-state index in [9.17, 15) is 4.79 Å². The van der Waals surface area contributed by atoms with Crippen molar-refractivity contribution in [2.45, 2.75) is 20.5 Å². The minimum atomic E-state index is -0.426. The van der Waals surface area contributed by atoms with E-state index in [1.807, 2.05) is 68.4 Å². The van der Waals surface area contributed by atoms with Crippen molar-refractivity contribution in [1.29, 1.82) is 0 Å². The highest BCUT2D eigenvalue weighted by Gasteiger charge is 2.13. The van der Waals surface area contributed by atoms with Crippen molar-refractivity contribution in [2.24, 2.45) is 5.10 Å². The summed E-state index contributed by atoms with van der Waals surface area (Å²) in [6.07, 6.45) is 1.54. The average molecular weight is 507 g/mol. The molecule has 0 spiro atoms. The van der Waals surface area contributed by atoms with Gasteiger partial charge in [0.05, 0.1) is 17.3 Å². The zero-order valence-corrected chi connectivity index (χ0v) is 19.9. The molecule has 0 radical (unpaired) electrons. The molecule has 1 aromatic heterocycles. The number of benzene rings is 3. The molecule has 0 fully saturated rings. The first-order chi connectivity index (χ1) is 16.0. The van der Waals surface area contributed by atoms with Crippen LogP contribution in [-0.2, 0) is 6.61 Å². The predicted molar refractivity (Wildman–Crippen MR) is 132 cm³/mol. The van der Waals surface area contributed by atoms with Gasteiger partial charge in [-0.05, 0) is 65.2 Å². The normalized spacial score (nSPS) is 11.1. The summed E-state index contributed by atoms with van der Waals surface area (Å²) in [5.74, 6) is 0.973. The number of halogens is 1. The van der Waals surface area contributed by atoms with Gasteiger partial charge in [-0.2, -0.15) is 5.10 Å². The van der Waals surface area contributed by atoms with Crippen LogP contribution >= 0.6 is 15.9 Å². The lowest BCUT2D eigenvalue weighted by atomic mass is 10.1. The number of nitrogens with one attached hydrogen (secondary N) is 1. The number of furan rings is 1. The smallest absolute Gasteiger partial charge is 0.307 e. The molecule has 0 atom stereocenters. The molecule has 4 aromatic rings. The fraction of sp³-hybridized carbons (Fsp3) is 0.154. The zero-order valence-electron chi connectivity index (χ0n) is 18.3. The molecular weight excluding hydrogens is 484 g/mol. The van der Waals surface area contributed by atoms with E-state index in [1.54, 1.807) is 6.07 Å². The van der Waals surface area contributed by atoms with E-state index in [1.165, 1.54) is 11.8 Å². The molecule has 1 N–H and O–H groups in total. The SMILES string of the molecule is CCOc1cc(/C=N/NC(=O)c2cc3ccccc3o2)cc(Br)c1OCc1cccc(C)c1. The summed E-state index contributed by atoms with van der Waals surface area (Å²) in [5, 5.41) is 4.92. The molecular formula is C26H23BrN2O4. The summed E-state index contributed by atoms with van der Waals surface area (Å²) in [5.41, 5.74) is 6.13. The van der Waals surface area contributed by atoms with Crippen molar-refractivity contribution >= 4 is 39.0 Å². The van der Waals surface area contributed by atoms with Gasteiger partial charge in [0.1, 0.15) is 12.2 Å². The number of fused-ring (bicyclic) bond motifs is 1. The van der Waals surface area contributed by atoms with E-state index < -0.39 is 5.91 Å². The van der Waals surface area contributed by atoms with Crippen LogP contribution < -0.4 is 14.9 Å². The summed E-state index contributed by atoms with van der Waals surface area (Å²) >= 11 is 3.56. The van der Waals surface area contributed by atoms with Crippen LogP contribution in [0.1, 0.15) is 34.2 Å². The number of hydrazone groups is 1. The summed E-state index contributed by atoms with van der Waals surface area (Å²) < 4.78 is 18.1. The van der Waals surface area contributed by atoms with Crippen LogP contribution in [0.3, 0.4) is 0 Å². The standard InChI is InChI=1S/C26H23BrN2O4/c1-3-31-23-13-19(12-21(27)25(23)32-16-18-8-6-7-17(2)11-18)15-28-29-26(30)24-14-20-9-4-5-10-22(20)33-24/h4-15H,3,16H2,1-2H3,(H,29,30)/b28-15+. The van der Waals surface area contributed by atoms with Crippen LogP contribution in [0, 0.1) is 6.92 Å². The highest BCUT2D eigenvalue weighted by atomic mass is 79.9. The van der Waals surface area contributed by atoms with Crippen LogP contribution in [-0.4, -0.2) is 18.7 Å². The Morgan fingerprint density at radius 2 is 1.94 bits per heavy atom. The van der Waals surface area contributed by atoms with Gasteiger partial charge in [-0.15, -0.1) is 0 Å². The molecule has 1 amide bonds. The number of rotatable bonds is 8. The van der Waals surface area contributed by atoms with Crippen LogP contribution in [0.5, 0.6) is 11.5 Å². The Balaban J connectivity index is 1.46. The third kappa shape index (κ3) is 5.62. The summed E-state index contributed by atoms with van der Waals surface area (Å²) in [4.78, 5) is 12.4. The second-order valence-electron chi connectivity index (χ2n) is 7.39. The minimum absolute atomic E-state index is 0.199. The Morgan fingerprint density at radius 1 is 1.09 bits per heavy atom. The van der Waals surface area contributed by atoms with E-state index in [2.05, 4.69) is 32.5 Å². The number of hydrogen-bond donors (Lipinski definition) is 1. The molecule has 6 nitrogen and oxygen atoms in total. The lowest BCUT2D eigenvalue weighted by molar-refractivity contribution is 0.0929. The van der Waals surface area contributed by atoms with E-state index in [-0.39, 0.29) is 5.76 Å². The van der Waals surface area contributed by atoms with E-state index in [4.69, 9.17) is 13.9 Å². The lowest BCUT2D eigenvalue weighted by Crippen LogP contribution is -2.16. The highest BCUT2D eigenvalue weighted by Crippen LogP contribution is 2.37. The minimum Gasteiger partial charge on any atom is -0.490 e. The number of aryl methyl sites for hydroxylation is 1. The third-order valence-corrected chi connectivity index (χ3v) is 5.42. The first kappa shape index (κ1) is 22.6. The van der Waals surface area contributed by atoms with Crippen LogP contribution in [0.4, 0.5) is 0 Å². The molecule has 0 saturated carbocycles. The van der Waals surface area contributed by atoms with Crippen LogP contribution in [0.25, 0.3) is 11.0 Å². The lowest BCUT2D eigenvalue weighted by Gasteiger charge is -2.15. The van der Waals surface area contributed by atoms with Crippen molar-refractivity contribution in [3.05, 3.63) is 93.7 Å². The summed E-state index contributed by atoms with van der Waals surface area (Å²) in [6, 6.07) is 20.9. The fourth-order valence-corrected chi connectivity index (χ4v) is 3.91. The number of amides is 1. The van der Waals surface area contributed by atoms with Gasteiger partial charge in [0.2, 0.25) is 0 Å². The molecule has 0 bridgehead atoms. The molecule has 0 saturated heterocycles. The van der Waals surface area contributed by atoms with E-state index >= 15 is 0 Å². The van der Waals surface area contributed by atoms with Gasteiger partial charge < -0.3 is 13.9 Å². The molecule has 0 aliphatic carbocycles. The van der Waals surface area contributed by atoms with Gasteiger partial charge in [0, 0.05) is 5.39 Å². The second kappa shape index (κ2) is 10.4. The van der Waals surface area contributed by atoms with Crippen LogP contribution in [0.15, 0.2) is 80.7 Å². The molecule has 0 aliphatic rings. The molecule has 0 aliphatic heterocycles. The molecule has 0 unspecified atom stereocenters. The molecule has 1 heterocycles. The molecule has 4 rings (SSSR count). The topological polar surface area (TPSA) is 73.1 Å². The molecule has 7 heteroatoms. The number of carbonyl (C=O) groups is 1. The van der Waals surface area contributed by atoms with Gasteiger partial charge in [-0.3, -0.25) is 4.79 Å². The number of ether oxygens (including phenoxy) is 2. The third-order valence-electron chi connectivity index (χ3n) is 4.83. The van der Waals surface area contributed by atoms with E-state index in [0.717, 1.165) is 21.0 Å². The van der Waals surface area contributed by atoms with Gasteiger partial charge >= 0.3 is 5.91 Å².